The van der Waals surface area contributed by atoms with Crippen LogP contribution < -0.4 is 0 Å². The van der Waals surface area contributed by atoms with Gasteiger partial charge in [0.1, 0.15) is 32.9 Å². The van der Waals surface area contributed by atoms with Gasteiger partial charge in [-0.15, -0.1) is 43.1 Å². The lowest BCUT2D eigenvalue weighted by Gasteiger charge is -1.92. The van der Waals surface area contributed by atoms with Gasteiger partial charge in [-0.1, -0.05) is 178 Å². The first-order valence-electron chi connectivity index (χ1n) is 27.4. The summed E-state index contributed by atoms with van der Waals surface area (Å²) in [7, 11) is 0. The summed E-state index contributed by atoms with van der Waals surface area (Å²) in [5.41, 5.74) is 1.79. The second-order valence-electron chi connectivity index (χ2n) is 19.1. The molecule has 1 N–H and O–H groups in total. The van der Waals surface area contributed by atoms with Crippen LogP contribution in [0, 0.1) is 52.4 Å². The topological polar surface area (TPSA) is 223 Å². The molecule has 0 spiro atoms. The van der Waals surface area contributed by atoms with E-state index in [1.54, 1.807) is 60.0 Å². The smallest absolute Gasteiger partial charge is 0.229 e. The van der Waals surface area contributed by atoms with Gasteiger partial charge in [0.25, 0.3) is 0 Å². The summed E-state index contributed by atoms with van der Waals surface area (Å²) in [4.78, 5) is 19.7. The van der Waals surface area contributed by atoms with Crippen molar-refractivity contribution in [3.05, 3.63) is 117 Å². The van der Waals surface area contributed by atoms with E-state index < -0.39 is 0 Å². The molecule has 0 saturated heterocycles. The van der Waals surface area contributed by atoms with Gasteiger partial charge in [0.2, 0.25) is 17.7 Å². The number of nitrogens with one attached hydrogen (secondary N) is 1. The molecule has 0 amide bonds. The summed E-state index contributed by atoms with van der Waals surface area (Å²) >= 11 is 4.77. The summed E-state index contributed by atoms with van der Waals surface area (Å²) in [5, 5.41) is 31.1. The molecule has 20 heteroatoms. The fourth-order valence-electron chi connectivity index (χ4n) is 3.38. The van der Waals surface area contributed by atoms with Gasteiger partial charge in [-0.3, -0.25) is 10.1 Å². The molecule has 8 aromatic rings. The molecular weight excluding hydrogens is 1040 g/mol. The molecule has 0 radical (unpaired) electrons. The monoisotopic (exact) mass is 1150 g/mol. The predicted octanol–water partition coefficient (Wildman–Crippen LogP) is 19.3. The number of H-pyrrole nitrogens is 1. The molecule has 0 aromatic carbocycles. The van der Waals surface area contributed by atoms with E-state index in [-0.39, 0.29) is 0 Å². The first-order valence-corrected chi connectivity index (χ1v) is 29.9. The van der Waals surface area contributed by atoms with E-state index in [2.05, 4.69) is 178 Å². The molecule has 448 valence electrons. The predicted molar refractivity (Wildman–Crippen MR) is 332 cm³/mol. The maximum Gasteiger partial charge on any atom is 0.229 e. The average molecular weight is 1150 g/mol. The van der Waals surface area contributed by atoms with Crippen molar-refractivity contribution in [2.24, 2.45) is 17.8 Å². The highest BCUT2D eigenvalue weighted by Crippen LogP contribution is 2.18. The van der Waals surface area contributed by atoms with E-state index in [1.165, 1.54) is 24.2 Å². The Labute approximate surface area is 486 Å². The van der Waals surface area contributed by atoms with Crippen molar-refractivity contribution in [3.63, 3.8) is 0 Å². The first-order chi connectivity index (χ1) is 36.7. The summed E-state index contributed by atoms with van der Waals surface area (Å²) in [6.07, 6.45) is 9.49. The van der Waals surface area contributed by atoms with E-state index in [0.29, 0.717) is 53.1 Å². The number of furan rings is 1. The van der Waals surface area contributed by atoms with Gasteiger partial charge in [0.05, 0.1) is 24.2 Å². The van der Waals surface area contributed by atoms with Gasteiger partial charge < -0.3 is 17.8 Å². The minimum absolute atomic E-state index is 0.339. The Morgan fingerprint density at radius 2 is 1.03 bits per heavy atom. The van der Waals surface area contributed by atoms with Gasteiger partial charge >= 0.3 is 0 Å². The van der Waals surface area contributed by atoms with Crippen molar-refractivity contribution in [3.8, 4) is 0 Å². The molecule has 8 heterocycles. The fourth-order valence-corrected chi connectivity index (χ4v) is 5.09. The molecule has 17 nitrogen and oxygen atoms in total. The fraction of sp³-hybridized carbons (Fsp3) is 0.655. The summed E-state index contributed by atoms with van der Waals surface area (Å²) in [6, 6.07) is 3.67. The summed E-state index contributed by atoms with van der Waals surface area (Å²) in [6.45, 7) is 61.6. The lowest BCUT2D eigenvalue weighted by atomic mass is 10.2. The zero-order valence-electron chi connectivity index (χ0n) is 54.1. The molecule has 0 atom stereocenters. The van der Waals surface area contributed by atoms with Gasteiger partial charge in [-0.05, 0) is 69.1 Å². The maximum atomic E-state index is 5.12. The van der Waals surface area contributed by atoms with Crippen LogP contribution in [0.5, 0.6) is 0 Å². The molecule has 0 unspecified atom stereocenters. The van der Waals surface area contributed by atoms with Crippen LogP contribution in [0.3, 0.4) is 0 Å². The SMILES string of the molecule is CC.CC.CC.CC(C)C.CC(C)C.CC(C)C.Cc1nc(C(C)C)n[nH]1.Cc1nnc(C(C)C)o1.Cc1nnc(C(C)C)s1.Cc1noc(C(C)C)n1.Cc1nsc(C(C)C)n1.c1ccoc1.c1cocn1.c1cscn1. The minimum Gasteiger partial charge on any atom is -0.473 e. The number of hydrogen-bond donors (Lipinski definition) is 1. The van der Waals surface area contributed by atoms with Crippen molar-refractivity contribution >= 4 is 34.2 Å². The number of oxazole rings is 1. The number of aryl methyl sites for hydroxylation is 5. The Morgan fingerprint density at radius 1 is 0.500 bits per heavy atom. The van der Waals surface area contributed by atoms with Crippen molar-refractivity contribution < 1.29 is 17.8 Å². The molecule has 0 aliphatic rings. The number of thiazole rings is 1. The summed E-state index contributed by atoms with van der Waals surface area (Å²) in [5.74, 6) is 10.1. The van der Waals surface area contributed by atoms with Crippen molar-refractivity contribution in [1.82, 2.24) is 65.0 Å². The highest BCUT2D eigenvalue weighted by molar-refractivity contribution is 7.11. The van der Waals surface area contributed by atoms with Crippen LogP contribution in [0.15, 0.2) is 78.4 Å². The minimum atomic E-state index is 0.339. The standard InChI is InChI=1S/C6H11N3.2C6H10N2O.2C6H10N2S.C4H4O.3C4H10.C3H3NO.C3H3NS.3C2H6/c1-4(2)6-7-5(3)8-9-6;1-4(2)6-8-7-5(3)9-6;1-4(2)6-7-5(3)8-9-6;1-4(2)6-8-7-5(3)9-6;1-4(2)6-7-5(3)8-9-6;1-2-4-5-3-1;3*1-4(2)3;2*1-2-5-3-4-1;3*1-2/h4H,1-3H3,(H,7,8,9);4*4H,1-3H3;1-4H;3*4H,1-3H3;2*1-3H;3*1-2H3. The van der Waals surface area contributed by atoms with Crippen LogP contribution in [0.1, 0.15) is 259 Å². The van der Waals surface area contributed by atoms with Crippen LogP contribution in [0.2, 0.25) is 0 Å². The third-order valence-corrected chi connectivity index (χ3v) is 9.16. The molecule has 8 aromatic heterocycles. The third-order valence-electron chi connectivity index (χ3n) is 6.40. The zero-order chi connectivity index (χ0) is 61.6. The van der Waals surface area contributed by atoms with Gasteiger partial charge in [0.15, 0.2) is 18.0 Å². The van der Waals surface area contributed by atoms with Gasteiger partial charge in [0, 0.05) is 48.1 Å². The number of rotatable bonds is 5. The van der Waals surface area contributed by atoms with E-state index in [9.17, 15) is 0 Å². The molecular formula is C58H109N13O4S3. The number of hydrogen-bond acceptors (Lipinski definition) is 19. The Bertz CT molecular complexity index is 1860. The molecule has 0 fully saturated rings. The highest BCUT2D eigenvalue weighted by atomic mass is 32.1. The largest absolute Gasteiger partial charge is 0.473 e. The normalized spacial score (nSPS) is 9.31. The lowest BCUT2D eigenvalue weighted by molar-refractivity contribution is 0.362. The molecule has 8 rings (SSSR count). The average Bonchev–Trinajstić information content (AvgIpc) is 4.21. The van der Waals surface area contributed by atoms with Crippen LogP contribution in [0.25, 0.3) is 0 Å². The van der Waals surface area contributed by atoms with Crippen LogP contribution in [0.4, 0.5) is 0 Å². The highest BCUT2D eigenvalue weighted by Gasteiger charge is 2.07. The first kappa shape index (κ1) is 84.0. The van der Waals surface area contributed by atoms with Gasteiger partial charge in [-0.2, -0.15) is 14.5 Å². The second-order valence-corrected chi connectivity index (χ2v) is 21.8. The van der Waals surface area contributed by atoms with Crippen molar-refractivity contribution in [2.45, 2.75) is 237 Å². The molecule has 0 aliphatic carbocycles. The lowest BCUT2D eigenvalue weighted by Crippen LogP contribution is -1.89. The zero-order valence-corrected chi connectivity index (χ0v) is 56.6. The van der Waals surface area contributed by atoms with E-state index in [4.69, 9.17) is 8.94 Å². The maximum absolute atomic E-state index is 5.12. The quantitative estimate of drug-likeness (QED) is 0.169. The van der Waals surface area contributed by atoms with E-state index in [1.807, 2.05) is 114 Å². The van der Waals surface area contributed by atoms with Crippen molar-refractivity contribution in [2.75, 3.05) is 0 Å². The van der Waals surface area contributed by atoms with Crippen LogP contribution in [-0.2, 0) is 0 Å². The van der Waals surface area contributed by atoms with Crippen LogP contribution >= 0.6 is 34.2 Å². The molecule has 0 bridgehead atoms. The number of nitrogens with zero attached hydrogens (tertiary/aromatic N) is 12. The number of aromatic amines is 1. The Hall–Kier alpha value is -5.34. The van der Waals surface area contributed by atoms with E-state index in [0.717, 1.165) is 50.2 Å². The molecule has 0 aliphatic heterocycles. The molecule has 78 heavy (non-hydrogen) atoms. The molecule has 0 saturated carbocycles. The Kier molecular flexibility index (Phi) is 62.3. The summed E-state index contributed by atoms with van der Waals surface area (Å²) < 4.78 is 23.1. The van der Waals surface area contributed by atoms with Gasteiger partial charge in [-0.25, -0.2) is 15.0 Å². The third kappa shape index (κ3) is 61.5. The van der Waals surface area contributed by atoms with Crippen LogP contribution in [-0.4, -0.2) is 65.0 Å². The van der Waals surface area contributed by atoms with Crippen molar-refractivity contribution in [1.29, 1.82) is 0 Å². The second kappa shape index (κ2) is 57.8. The van der Waals surface area contributed by atoms with E-state index >= 15 is 0 Å². The Morgan fingerprint density at radius 3 is 1.19 bits per heavy atom. The number of aromatic nitrogens is 13. The Balaban J connectivity index is -0.000000183.